The van der Waals surface area contributed by atoms with E-state index in [-0.39, 0.29) is 17.7 Å². The fourth-order valence-electron chi connectivity index (χ4n) is 2.69. The van der Waals surface area contributed by atoms with E-state index in [4.69, 9.17) is 20.3 Å². The van der Waals surface area contributed by atoms with Gasteiger partial charge in [-0.3, -0.25) is 0 Å². The molecule has 1 unspecified atom stereocenters. The van der Waals surface area contributed by atoms with Crippen LogP contribution in [0.15, 0.2) is 42.5 Å². The highest BCUT2D eigenvalue weighted by molar-refractivity contribution is 5.87. The summed E-state index contributed by atoms with van der Waals surface area (Å²) < 4.78 is 11.2. The van der Waals surface area contributed by atoms with Gasteiger partial charge in [-0.15, -0.1) is 0 Å². The number of ether oxygens (including phenoxy) is 2. The van der Waals surface area contributed by atoms with Crippen LogP contribution in [0.5, 0.6) is 11.5 Å². The van der Waals surface area contributed by atoms with E-state index in [0.717, 1.165) is 11.1 Å². The second kappa shape index (κ2) is 5.69. The minimum absolute atomic E-state index is 0.159. The van der Waals surface area contributed by atoms with Crippen molar-refractivity contribution in [2.75, 3.05) is 7.11 Å². The molecule has 2 aromatic rings. The van der Waals surface area contributed by atoms with E-state index >= 15 is 0 Å². The third-order valence-corrected chi connectivity index (χ3v) is 3.86. The van der Waals surface area contributed by atoms with Crippen LogP contribution in [0.2, 0.25) is 0 Å². The molecule has 0 aliphatic carbocycles. The molecule has 0 saturated heterocycles. The number of methoxy groups -OCH3 is 1. The smallest absolute Gasteiger partial charge is 0.335 e. The number of fused-ring (bicyclic) bond motifs is 1. The van der Waals surface area contributed by atoms with Gasteiger partial charge in [0.1, 0.15) is 17.6 Å². The lowest BCUT2D eigenvalue weighted by molar-refractivity contribution is 0.0696. The predicted octanol–water partition coefficient (Wildman–Crippen LogP) is 2.92. The number of aromatic carboxylic acids is 1. The third-order valence-electron chi connectivity index (χ3n) is 3.86. The summed E-state index contributed by atoms with van der Waals surface area (Å²) >= 11 is 0. The first kappa shape index (κ1) is 14.4. The Morgan fingerprint density at radius 1 is 1.32 bits per heavy atom. The molecule has 2 aromatic carbocycles. The fraction of sp³-hybridized carbons (Fsp3) is 0.235. The molecule has 2 atom stereocenters. The Morgan fingerprint density at radius 3 is 2.86 bits per heavy atom. The van der Waals surface area contributed by atoms with Gasteiger partial charge < -0.3 is 20.3 Å². The average Bonchev–Trinajstić information content (AvgIpc) is 2.54. The van der Waals surface area contributed by atoms with E-state index in [1.807, 2.05) is 24.3 Å². The van der Waals surface area contributed by atoms with E-state index < -0.39 is 5.97 Å². The van der Waals surface area contributed by atoms with Gasteiger partial charge in [-0.1, -0.05) is 18.2 Å². The van der Waals surface area contributed by atoms with Gasteiger partial charge in [0, 0.05) is 24.1 Å². The maximum Gasteiger partial charge on any atom is 0.335 e. The molecular formula is C17H17NO4. The maximum absolute atomic E-state index is 11.1. The van der Waals surface area contributed by atoms with Gasteiger partial charge in [0.2, 0.25) is 0 Å². The largest absolute Gasteiger partial charge is 0.497 e. The molecule has 3 rings (SSSR count). The summed E-state index contributed by atoms with van der Waals surface area (Å²) in [7, 11) is 1.60. The highest BCUT2D eigenvalue weighted by Gasteiger charge is 2.27. The van der Waals surface area contributed by atoms with Crippen molar-refractivity contribution in [1.29, 1.82) is 0 Å². The van der Waals surface area contributed by atoms with Crippen molar-refractivity contribution in [1.82, 2.24) is 0 Å². The monoisotopic (exact) mass is 299 g/mol. The van der Waals surface area contributed by atoms with Gasteiger partial charge in [0.15, 0.2) is 0 Å². The third kappa shape index (κ3) is 2.63. The first-order valence-corrected chi connectivity index (χ1v) is 7.02. The van der Waals surface area contributed by atoms with Crippen molar-refractivity contribution in [3.05, 3.63) is 59.2 Å². The molecule has 0 saturated carbocycles. The van der Waals surface area contributed by atoms with Crippen molar-refractivity contribution >= 4 is 5.97 Å². The molecular weight excluding hydrogens is 282 g/mol. The normalized spacial score (nSPS) is 19.9. The number of carbonyl (C=O) groups is 1. The van der Waals surface area contributed by atoms with Crippen molar-refractivity contribution in [2.24, 2.45) is 5.73 Å². The number of carboxylic acid groups (broad SMARTS) is 1. The SMILES string of the molecule is COc1ccc2c(c1)O[C@@H](c1cccc(C(=O)O)c1)CC2N. The zero-order chi connectivity index (χ0) is 15.7. The van der Waals surface area contributed by atoms with Crippen LogP contribution in [0, 0.1) is 0 Å². The minimum atomic E-state index is -0.955. The second-order valence-corrected chi connectivity index (χ2v) is 5.28. The van der Waals surface area contributed by atoms with Crippen LogP contribution in [0.1, 0.15) is 40.1 Å². The quantitative estimate of drug-likeness (QED) is 0.910. The van der Waals surface area contributed by atoms with Crippen LogP contribution in [-0.2, 0) is 0 Å². The van der Waals surface area contributed by atoms with Crippen molar-refractivity contribution in [3.8, 4) is 11.5 Å². The van der Waals surface area contributed by atoms with Crippen LogP contribution >= 0.6 is 0 Å². The zero-order valence-electron chi connectivity index (χ0n) is 12.2. The molecule has 5 heteroatoms. The number of hydrogen-bond acceptors (Lipinski definition) is 4. The average molecular weight is 299 g/mol. The molecule has 22 heavy (non-hydrogen) atoms. The standard InChI is InChI=1S/C17H17NO4/c1-21-12-5-6-13-14(18)9-15(22-16(13)8-12)10-3-2-4-11(7-10)17(19)20/h2-8,14-15H,9,18H2,1H3,(H,19,20)/t14?,15-/m1/s1. The molecule has 1 aliphatic rings. The van der Waals surface area contributed by atoms with E-state index in [1.165, 1.54) is 0 Å². The second-order valence-electron chi connectivity index (χ2n) is 5.28. The van der Waals surface area contributed by atoms with E-state index in [1.54, 1.807) is 25.3 Å². The Hall–Kier alpha value is -2.53. The van der Waals surface area contributed by atoms with Gasteiger partial charge in [-0.05, 0) is 23.8 Å². The van der Waals surface area contributed by atoms with Gasteiger partial charge in [0.05, 0.1) is 12.7 Å². The number of nitrogens with two attached hydrogens (primary N) is 1. The summed E-state index contributed by atoms with van der Waals surface area (Å²) in [5, 5.41) is 9.10. The molecule has 1 heterocycles. The lowest BCUT2D eigenvalue weighted by atomic mass is 9.93. The van der Waals surface area contributed by atoms with Gasteiger partial charge in [-0.2, -0.15) is 0 Å². The Labute approximate surface area is 128 Å². The van der Waals surface area contributed by atoms with Gasteiger partial charge in [0.25, 0.3) is 0 Å². The zero-order valence-corrected chi connectivity index (χ0v) is 12.2. The highest BCUT2D eigenvalue weighted by Crippen LogP contribution is 2.41. The van der Waals surface area contributed by atoms with E-state index in [2.05, 4.69) is 0 Å². The topological polar surface area (TPSA) is 81.8 Å². The van der Waals surface area contributed by atoms with E-state index in [9.17, 15) is 4.79 Å². The molecule has 0 bridgehead atoms. The van der Waals surface area contributed by atoms with Crippen molar-refractivity contribution < 1.29 is 19.4 Å². The van der Waals surface area contributed by atoms with Gasteiger partial charge >= 0.3 is 5.97 Å². The Bertz CT molecular complexity index is 714. The van der Waals surface area contributed by atoms with Crippen LogP contribution in [-0.4, -0.2) is 18.2 Å². The fourth-order valence-corrected chi connectivity index (χ4v) is 2.69. The summed E-state index contributed by atoms with van der Waals surface area (Å²) in [5.41, 5.74) is 8.21. The molecule has 114 valence electrons. The van der Waals surface area contributed by atoms with Crippen molar-refractivity contribution in [3.63, 3.8) is 0 Å². The number of hydrogen-bond donors (Lipinski definition) is 2. The number of carboxylic acids is 1. The molecule has 0 aromatic heterocycles. The number of rotatable bonds is 3. The van der Waals surface area contributed by atoms with Crippen LogP contribution in [0.4, 0.5) is 0 Å². The van der Waals surface area contributed by atoms with Crippen LogP contribution in [0.25, 0.3) is 0 Å². The summed E-state index contributed by atoms with van der Waals surface area (Å²) in [6.45, 7) is 0. The minimum Gasteiger partial charge on any atom is -0.497 e. The first-order valence-electron chi connectivity index (χ1n) is 7.02. The molecule has 1 aliphatic heterocycles. The Morgan fingerprint density at radius 2 is 2.14 bits per heavy atom. The molecule has 5 nitrogen and oxygen atoms in total. The summed E-state index contributed by atoms with van der Waals surface area (Å²) in [5.74, 6) is 0.429. The predicted molar refractivity (Wildman–Crippen MR) is 81.3 cm³/mol. The summed E-state index contributed by atoms with van der Waals surface area (Å²) in [4.78, 5) is 11.1. The van der Waals surface area contributed by atoms with Crippen LogP contribution < -0.4 is 15.2 Å². The lowest BCUT2D eigenvalue weighted by Gasteiger charge is -2.31. The molecule has 0 spiro atoms. The molecule has 0 fully saturated rings. The lowest BCUT2D eigenvalue weighted by Crippen LogP contribution is -2.24. The molecule has 3 N–H and O–H groups in total. The van der Waals surface area contributed by atoms with E-state index in [0.29, 0.717) is 17.9 Å². The molecule has 0 radical (unpaired) electrons. The molecule has 0 amide bonds. The number of benzene rings is 2. The Kier molecular flexibility index (Phi) is 3.73. The van der Waals surface area contributed by atoms with Crippen molar-refractivity contribution in [2.45, 2.75) is 18.6 Å². The van der Waals surface area contributed by atoms with Gasteiger partial charge in [-0.25, -0.2) is 4.79 Å². The summed E-state index contributed by atoms with van der Waals surface area (Å²) in [6, 6.07) is 12.2. The summed E-state index contributed by atoms with van der Waals surface area (Å²) in [6.07, 6.45) is 0.330. The highest BCUT2D eigenvalue weighted by atomic mass is 16.5. The first-order chi connectivity index (χ1) is 10.6. The van der Waals surface area contributed by atoms with Crippen LogP contribution in [0.3, 0.4) is 0 Å². The Balaban J connectivity index is 1.94. The maximum atomic E-state index is 11.1.